The van der Waals surface area contributed by atoms with Crippen LogP contribution in [0.25, 0.3) is 11.3 Å². The van der Waals surface area contributed by atoms with Crippen LogP contribution >= 0.6 is 15.9 Å². The molecule has 0 saturated carbocycles. The summed E-state index contributed by atoms with van der Waals surface area (Å²) in [6.45, 7) is -0.0863. The normalized spacial score (nSPS) is 10.4. The molecule has 0 saturated heterocycles. The highest BCUT2D eigenvalue weighted by molar-refractivity contribution is 9.10. The average Bonchev–Trinajstić information content (AvgIpc) is 2.59. The molecule has 1 heterocycles. The number of carbonyl (C=O) groups is 1. The van der Waals surface area contributed by atoms with Crippen LogP contribution in [0.5, 0.6) is 0 Å². The molecule has 1 N–H and O–H groups in total. The van der Waals surface area contributed by atoms with Crippen molar-refractivity contribution in [2.24, 2.45) is 0 Å². The summed E-state index contributed by atoms with van der Waals surface area (Å²) in [4.78, 5) is 28.5. The number of benzene rings is 2. The van der Waals surface area contributed by atoms with E-state index in [4.69, 9.17) is 0 Å². The third-order valence-electron chi connectivity index (χ3n) is 3.39. The number of amides is 1. The van der Waals surface area contributed by atoms with E-state index >= 15 is 0 Å². The van der Waals surface area contributed by atoms with E-state index in [-0.39, 0.29) is 18.0 Å². The van der Waals surface area contributed by atoms with Crippen molar-refractivity contribution in [2.45, 2.75) is 6.54 Å². The molecular weight excluding hydrogens is 370 g/mol. The molecule has 0 fully saturated rings. The topological polar surface area (TPSA) is 64.0 Å². The predicted molar refractivity (Wildman–Crippen MR) is 96.7 cm³/mol. The fraction of sp³-hybridized carbons (Fsp3) is 0.0556. The predicted octanol–water partition coefficient (Wildman–Crippen LogP) is 3.31. The van der Waals surface area contributed by atoms with Crippen LogP contribution in [-0.4, -0.2) is 15.5 Å². The van der Waals surface area contributed by atoms with E-state index in [2.05, 4.69) is 26.2 Å². The molecule has 1 aromatic heterocycles. The Morgan fingerprint density at radius 3 is 2.46 bits per heavy atom. The van der Waals surface area contributed by atoms with E-state index in [1.165, 1.54) is 17.0 Å². The van der Waals surface area contributed by atoms with Crippen molar-refractivity contribution in [3.05, 3.63) is 81.8 Å². The van der Waals surface area contributed by atoms with Gasteiger partial charge < -0.3 is 5.32 Å². The number of hydrogen-bond acceptors (Lipinski definition) is 3. The monoisotopic (exact) mass is 383 g/mol. The zero-order valence-corrected chi connectivity index (χ0v) is 14.2. The number of carbonyl (C=O) groups excluding carboxylic acids is 1. The Morgan fingerprint density at radius 2 is 1.79 bits per heavy atom. The number of hydrogen-bond donors (Lipinski definition) is 1. The fourth-order valence-electron chi connectivity index (χ4n) is 2.20. The van der Waals surface area contributed by atoms with Gasteiger partial charge in [0.2, 0.25) is 5.91 Å². The lowest BCUT2D eigenvalue weighted by molar-refractivity contribution is -0.116. The molecule has 0 aliphatic carbocycles. The van der Waals surface area contributed by atoms with Gasteiger partial charge in [0.1, 0.15) is 6.54 Å². The maximum absolute atomic E-state index is 12.2. The van der Waals surface area contributed by atoms with Gasteiger partial charge in [0.25, 0.3) is 5.56 Å². The molecule has 1 amide bonds. The Bertz CT molecular complexity index is 906. The lowest BCUT2D eigenvalue weighted by Crippen LogP contribution is -2.27. The van der Waals surface area contributed by atoms with Gasteiger partial charge >= 0.3 is 0 Å². The van der Waals surface area contributed by atoms with Gasteiger partial charge in [-0.25, -0.2) is 4.98 Å². The van der Waals surface area contributed by atoms with Crippen LogP contribution in [0.15, 0.2) is 76.3 Å². The third kappa shape index (κ3) is 3.97. The summed E-state index contributed by atoms with van der Waals surface area (Å²) in [5.74, 6) is -0.284. The lowest BCUT2D eigenvalue weighted by atomic mass is 10.1. The van der Waals surface area contributed by atoms with Crippen LogP contribution in [0.3, 0.4) is 0 Å². The number of nitrogens with one attached hydrogen (secondary N) is 1. The summed E-state index contributed by atoms with van der Waals surface area (Å²) in [7, 11) is 0. The molecule has 120 valence electrons. The molecule has 24 heavy (non-hydrogen) atoms. The van der Waals surface area contributed by atoms with Crippen molar-refractivity contribution in [1.82, 2.24) is 9.55 Å². The second kappa shape index (κ2) is 7.23. The Kier molecular flexibility index (Phi) is 4.86. The number of aromatic nitrogens is 2. The van der Waals surface area contributed by atoms with Crippen molar-refractivity contribution in [2.75, 3.05) is 5.32 Å². The first-order valence-electron chi connectivity index (χ1n) is 7.29. The molecule has 0 unspecified atom stereocenters. The number of anilines is 1. The first-order chi connectivity index (χ1) is 11.6. The van der Waals surface area contributed by atoms with E-state index in [1.54, 1.807) is 12.1 Å². The van der Waals surface area contributed by atoms with E-state index < -0.39 is 0 Å². The molecule has 3 aromatic rings. The summed E-state index contributed by atoms with van der Waals surface area (Å²) >= 11 is 3.33. The average molecular weight is 384 g/mol. The number of rotatable bonds is 4. The SMILES string of the molecule is O=C(Cn1cnc(-c2ccccc2)cc1=O)Nc1ccc(Br)cc1. The first-order valence-corrected chi connectivity index (χ1v) is 8.08. The maximum atomic E-state index is 12.2. The van der Waals surface area contributed by atoms with Crippen molar-refractivity contribution in [3.63, 3.8) is 0 Å². The zero-order valence-electron chi connectivity index (χ0n) is 12.6. The molecule has 3 rings (SSSR count). The van der Waals surface area contributed by atoms with Crippen LogP contribution < -0.4 is 10.9 Å². The minimum atomic E-state index is -0.284. The van der Waals surface area contributed by atoms with Crippen molar-refractivity contribution in [3.8, 4) is 11.3 Å². The van der Waals surface area contributed by atoms with Gasteiger partial charge in [-0.2, -0.15) is 0 Å². The van der Waals surface area contributed by atoms with E-state index in [9.17, 15) is 9.59 Å². The molecule has 0 bridgehead atoms. The van der Waals surface area contributed by atoms with Crippen molar-refractivity contribution >= 4 is 27.5 Å². The number of nitrogens with zero attached hydrogens (tertiary/aromatic N) is 2. The van der Waals surface area contributed by atoms with Gasteiger partial charge in [0.15, 0.2) is 0 Å². The van der Waals surface area contributed by atoms with Gasteiger partial charge in [-0.3, -0.25) is 14.2 Å². The van der Waals surface area contributed by atoms with Gasteiger partial charge in [-0.1, -0.05) is 46.3 Å². The standard InChI is InChI=1S/C18H14BrN3O2/c19-14-6-8-15(9-7-14)21-17(23)11-22-12-20-16(10-18(22)24)13-4-2-1-3-5-13/h1-10,12H,11H2,(H,21,23). The highest BCUT2D eigenvalue weighted by Crippen LogP contribution is 2.15. The summed E-state index contributed by atoms with van der Waals surface area (Å²) in [6, 6.07) is 18.1. The van der Waals surface area contributed by atoms with Crippen LogP contribution in [0.2, 0.25) is 0 Å². The Labute approximate surface area is 147 Å². The number of halogens is 1. The molecule has 6 heteroatoms. The van der Waals surface area contributed by atoms with Gasteiger partial charge in [-0.15, -0.1) is 0 Å². The summed E-state index contributed by atoms with van der Waals surface area (Å²) in [6.07, 6.45) is 1.39. The molecule has 0 aliphatic heterocycles. The first kappa shape index (κ1) is 16.1. The van der Waals surface area contributed by atoms with Crippen LogP contribution in [0.1, 0.15) is 0 Å². The Morgan fingerprint density at radius 1 is 1.08 bits per heavy atom. The fourth-order valence-corrected chi connectivity index (χ4v) is 2.46. The zero-order chi connectivity index (χ0) is 16.9. The van der Waals surface area contributed by atoms with E-state index in [0.29, 0.717) is 11.4 Å². The molecule has 2 aromatic carbocycles. The van der Waals surface area contributed by atoms with Gasteiger partial charge in [0, 0.05) is 21.8 Å². The second-order valence-electron chi connectivity index (χ2n) is 5.16. The highest BCUT2D eigenvalue weighted by atomic mass is 79.9. The largest absolute Gasteiger partial charge is 0.325 e. The summed E-state index contributed by atoms with van der Waals surface area (Å²) in [5.41, 5.74) is 1.85. The quantitative estimate of drug-likeness (QED) is 0.751. The second-order valence-corrected chi connectivity index (χ2v) is 6.08. The lowest BCUT2D eigenvalue weighted by Gasteiger charge is -2.08. The summed E-state index contributed by atoms with van der Waals surface area (Å²) < 4.78 is 2.21. The molecule has 5 nitrogen and oxygen atoms in total. The molecule has 0 aliphatic rings. The van der Waals surface area contributed by atoms with Crippen molar-refractivity contribution < 1.29 is 4.79 Å². The van der Waals surface area contributed by atoms with Crippen molar-refractivity contribution in [1.29, 1.82) is 0 Å². The van der Waals surface area contributed by atoms with E-state index in [0.717, 1.165) is 10.0 Å². The minimum absolute atomic E-state index is 0.0863. The van der Waals surface area contributed by atoms with E-state index in [1.807, 2.05) is 42.5 Å². The van der Waals surface area contributed by atoms with Gasteiger partial charge in [-0.05, 0) is 24.3 Å². The summed E-state index contributed by atoms with van der Waals surface area (Å²) in [5, 5.41) is 2.74. The molecule has 0 radical (unpaired) electrons. The maximum Gasteiger partial charge on any atom is 0.254 e. The Hall–Kier alpha value is -2.73. The smallest absolute Gasteiger partial charge is 0.254 e. The molecule has 0 spiro atoms. The molecular formula is C18H14BrN3O2. The highest BCUT2D eigenvalue weighted by Gasteiger charge is 2.07. The molecule has 0 atom stereocenters. The Balaban J connectivity index is 1.72. The van der Waals surface area contributed by atoms with Gasteiger partial charge in [0.05, 0.1) is 12.0 Å². The van der Waals surface area contributed by atoms with Crippen LogP contribution in [0, 0.1) is 0 Å². The van der Waals surface area contributed by atoms with Crippen LogP contribution in [-0.2, 0) is 11.3 Å². The van der Waals surface area contributed by atoms with Crippen LogP contribution in [0.4, 0.5) is 5.69 Å². The minimum Gasteiger partial charge on any atom is -0.325 e. The third-order valence-corrected chi connectivity index (χ3v) is 3.92.